The molecule has 2 N–H and O–H groups in total. The third kappa shape index (κ3) is 3.02. The molecule has 5 aliphatic rings. The monoisotopic (exact) mass is 486 g/mol. The molecule has 0 saturated heterocycles. The summed E-state index contributed by atoms with van der Waals surface area (Å²) in [6.45, 7) is 16.3. The Kier molecular flexibility index (Phi) is 5.94. The average Bonchev–Trinajstić information content (AvgIpc) is 3.22. The zero-order chi connectivity index (χ0) is 25.6. The Labute approximate surface area is 213 Å². The van der Waals surface area contributed by atoms with Gasteiger partial charge in [-0.05, 0) is 117 Å². The quantitative estimate of drug-likeness (QED) is 0.371. The topological polar surface area (TPSA) is 66.8 Å². The fourth-order valence-corrected chi connectivity index (χ4v) is 11.8. The highest BCUT2D eigenvalue weighted by Gasteiger charge is 2.73. The van der Waals surface area contributed by atoms with Crippen LogP contribution in [0.25, 0.3) is 0 Å². The summed E-state index contributed by atoms with van der Waals surface area (Å²) in [7, 11) is 1.55. The SMILES string of the molecule is C=C(C)[C@@H]1CC[C@]2(C(=O)OC)CC[C@]3(CO)[C@H](CC[C@@H]4[C@@]5(C)CC[C@@H](O)C(C)(C)[C@H]5CC[C@]43C)[C@H]12. The van der Waals surface area contributed by atoms with Crippen molar-refractivity contribution in [2.24, 2.45) is 56.7 Å². The molecule has 0 aliphatic heterocycles. The predicted octanol–water partition coefficient (Wildman–Crippen LogP) is 6.15. The standard InChI is InChI=1S/C31H50O4/c1-19(2)20-10-15-30(26(34)35-7)16-17-31(18-32)21(25(20)30)8-9-23-28(5)13-12-24(33)27(3,4)22(28)11-14-29(23,31)6/h20-25,32-33H,1,8-18H2,2-7H3/t20-,21+,22+,23+,24+,25-,28-,29+,30-,31-/m0/s1. The molecule has 0 unspecified atom stereocenters. The summed E-state index contributed by atoms with van der Waals surface area (Å²) in [5.74, 6) is 1.91. The summed E-state index contributed by atoms with van der Waals surface area (Å²) in [6, 6.07) is 0. The fourth-order valence-electron chi connectivity index (χ4n) is 11.8. The number of aliphatic hydroxyl groups excluding tert-OH is 2. The van der Waals surface area contributed by atoms with Crippen LogP contribution in [0.4, 0.5) is 0 Å². The molecule has 5 aliphatic carbocycles. The molecule has 5 saturated carbocycles. The highest BCUT2D eigenvalue weighted by atomic mass is 16.5. The van der Waals surface area contributed by atoms with Crippen molar-refractivity contribution < 1.29 is 19.7 Å². The van der Waals surface area contributed by atoms with Gasteiger partial charge in [0.05, 0.1) is 18.6 Å². The lowest BCUT2D eigenvalue weighted by atomic mass is 9.32. The van der Waals surface area contributed by atoms with Crippen LogP contribution >= 0.6 is 0 Å². The van der Waals surface area contributed by atoms with Gasteiger partial charge in [0.2, 0.25) is 0 Å². The van der Waals surface area contributed by atoms with Gasteiger partial charge in [0.25, 0.3) is 0 Å². The minimum Gasteiger partial charge on any atom is -0.469 e. The first kappa shape index (κ1) is 25.8. The van der Waals surface area contributed by atoms with Crippen molar-refractivity contribution in [3.63, 3.8) is 0 Å². The van der Waals surface area contributed by atoms with E-state index in [0.717, 1.165) is 57.8 Å². The van der Waals surface area contributed by atoms with E-state index in [-0.39, 0.29) is 46.3 Å². The molecule has 5 fully saturated rings. The molecular formula is C31H50O4. The molecule has 0 aromatic heterocycles. The molecule has 0 radical (unpaired) electrons. The van der Waals surface area contributed by atoms with Gasteiger partial charge < -0.3 is 14.9 Å². The molecule has 0 spiro atoms. The molecule has 5 rings (SSSR count). The van der Waals surface area contributed by atoms with Crippen molar-refractivity contribution in [3.8, 4) is 0 Å². The van der Waals surface area contributed by atoms with Gasteiger partial charge in [0, 0.05) is 12.0 Å². The number of carbonyl (C=O) groups is 1. The molecule has 4 heteroatoms. The smallest absolute Gasteiger partial charge is 0.312 e. The third-order valence-electron chi connectivity index (χ3n) is 13.6. The Morgan fingerprint density at radius 1 is 0.943 bits per heavy atom. The Bertz CT molecular complexity index is 894. The van der Waals surface area contributed by atoms with Gasteiger partial charge in [-0.25, -0.2) is 0 Å². The summed E-state index contributed by atoms with van der Waals surface area (Å²) in [5, 5.41) is 22.3. The maximum Gasteiger partial charge on any atom is 0.312 e. The van der Waals surface area contributed by atoms with Crippen LogP contribution in [0.15, 0.2) is 12.2 Å². The largest absolute Gasteiger partial charge is 0.469 e. The van der Waals surface area contributed by atoms with E-state index < -0.39 is 5.41 Å². The van der Waals surface area contributed by atoms with Gasteiger partial charge in [-0.3, -0.25) is 4.79 Å². The van der Waals surface area contributed by atoms with Crippen LogP contribution in [0.3, 0.4) is 0 Å². The molecule has 4 nitrogen and oxygen atoms in total. The molecular weight excluding hydrogens is 436 g/mol. The minimum atomic E-state index is -0.414. The van der Waals surface area contributed by atoms with Crippen LogP contribution in [0, 0.1) is 56.7 Å². The number of hydrogen-bond donors (Lipinski definition) is 2. The number of esters is 1. The summed E-state index contributed by atoms with van der Waals surface area (Å²) in [5.41, 5.74) is 0.774. The van der Waals surface area contributed by atoms with Gasteiger partial charge in [0.1, 0.15) is 0 Å². The van der Waals surface area contributed by atoms with Crippen molar-refractivity contribution in [1.29, 1.82) is 0 Å². The molecule has 0 heterocycles. The second kappa shape index (κ2) is 8.06. The highest BCUT2D eigenvalue weighted by molar-refractivity contribution is 5.78. The molecule has 0 bridgehead atoms. The number of rotatable bonds is 3. The zero-order valence-electron chi connectivity index (χ0n) is 23.2. The van der Waals surface area contributed by atoms with Gasteiger partial charge >= 0.3 is 5.97 Å². The Morgan fingerprint density at radius 3 is 2.29 bits per heavy atom. The lowest BCUT2D eigenvalue weighted by molar-refractivity contribution is -0.262. The van der Waals surface area contributed by atoms with E-state index in [1.54, 1.807) is 7.11 Å². The molecule has 198 valence electrons. The number of fused-ring (bicyclic) bond motifs is 7. The van der Waals surface area contributed by atoms with Gasteiger partial charge in [-0.2, -0.15) is 0 Å². The first-order chi connectivity index (χ1) is 16.4. The minimum absolute atomic E-state index is 0.0243. The van der Waals surface area contributed by atoms with E-state index >= 15 is 0 Å². The van der Waals surface area contributed by atoms with Crippen molar-refractivity contribution in [3.05, 3.63) is 12.2 Å². The van der Waals surface area contributed by atoms with Crippen molar-refractivity contribution in [2.45, 2.75) is 105 Å². The number of carbonyl (C=O) groups excluding carboxylic acids is 1. The summed E-state index contributed by atoms with van der Waals surface area (Å²) in [6.07, 6.45) is 9.88. The van der Waals surface area contributed by atoms with E-state index in [1.807, 2.05) is 0 Å². The Balaban J connectivity index is 1.60. The second-order valence-corrected chi connectivity index (χ2v) is 14.6. The van der Waals surface area contributed by atoms with Crippen LogP contribution in [0.5, 0.6) is 0 Å². The van der Waals surface area contributed by atoms with Crippen molar-refractivity contribution in [1.82, 2.24) is 0 Å². The average molecular weight is 487 g/mol. The summed E-state index contributed by atoms with van der Waals surface area (Å²) >= 11 is 0. The first-order valence-electron chi connectivity index (χ1n) is 14.4. The lowest BCUT2D eigenvalue weighted by Gasteiger charge is -2.73. The van der Waals surface area contributed by atoms with E-state index in [1.165, 1.54) is 12.0 Å². The number of ether oxygens (including phenoxy) is 1. The van der Waals surface area contributed by atoms with Gasteiger partial charge in [-0.15, -0.1) is 0 Å². The van der Waals surface area contributed by atoms with Crippen LogP contribution in [-0.2, 0) is 9.53 Å². The molecule has 0 aromatic rings. The number of hydrogen-bond acceptors (Lipinski definition) is 4. The number of allylic oxidation sites excluding steroid dienone is 1. The molecule has 0 aromatic carbocycles. The predicted molar refractivity (Wildman–Crippen MR) is 138 cm³/mol. The Hall–Kier alpha value is -0.870. The highest BCUT2D eigenvalue weighted by Crippen LogP contribution is 2.77. The van der Waals surface area contributed by atoms with Gasteiger partial charge in [0.15, 0.2) is 0 Å². The number of aliphatic hydroxyl groups is 2. The molecule has 10 atom stereocenters. The van der Waals surface area contributed by atoms with E-state index in [9.17, 15) is 15.0 Å². The third-order valence-corrected chi connectivity index (χ3v) is 13.6. The number of methoxy groups -OCH3 is 1. The molecule has 35 heavy (non-hydrogen) atoms. The van der Waals surface area contributed by atoms with Crippen LogP contribution in [0.2, 0.25) is 0 Å². The van der Waals surface area contributed by atoms with Crippen molar-refractivity contribution >= 4 is 5.97 Å². The first-order valence-corrected chi connectivity index (χ1v) is 14.4. The maximum atomic E-state index is 13.4. The molecule has 0 amide bonds. The van der Waals surface area contributed by atoms with Crippen LogP contribution in [-0.4, -0.2) is 36.0 Å². The van der Waals surface area contributed by atoms with Crippen molar-refractivity contribution in [2.75, 3.05) is 13.7 Å². The summed E-state index contributed by atoms with van der Waals surface area (Å²) < 4.78 is 5.47. The maximum absolute atomic E-state index is 13.4. The second-order valence-electron chi connectivity index (χ2n) is 14.6. The van der Waals surface area contributed by atoms with Crippen LogP contribution < -0.4 is 0 Å². The normalized spacial score (nSPS) is 52.5. The van der Waals surface area contributed by atoms with Crippen LogP contribution in [0.1, 0.15) is 98.8 Å². The lowest BCUT2D eigenvalue weighted by Crippen LogP contribution is -2.68. The van der Waals surface area contributed by atoms with E-state index in [4.69, 9.17) is 4.74 Å². The van der Waals surface area contributed by atoms with E-state index in [2.05, 4.69) is 41.2 Å². The fraction of sp³-hybridized carbons (Fsp3) is 0.903. The Morgan fingerprint density at radius 2 is 1.66 bits per heavy atom. The van der Waals surface area contributed by atoms with Gasteiger partial charge in [-0.1, -0.05) is 39.8 Å². The zero-order valence-corrected chi connectivity index (χ0v) is 23.2. The van der Waals surface area contributed by atoms with E-state index in [0.29, 0.717) is 23.7 Å². The summed E-state index contributed by atoms with van der Waals surface area (Å²) in [4.78, 5) is 13.4.